The smallest absolute Gasteiger partial charge is 0.276 e. The van der Waals surface area contributed by atoms with E-state index in [1.807, 2.05) is 0 Å². The molecule has 192 valence electrons. The highest BCUT2D eigenvalue weighted by atomic mass is 16.6. The van der Waals surface area contributed by atoms with Crippen molar-refractivity contribution in [3.05, 3.63) is 0 Å². The standard InChI is InChI=1S/C24H33N6O6/c31-16-25-19-10-4-1-7-13-28(19)22-29(14-8-2-5-11-20(29)26-17-32)23(34)30(24(35)36-22)15-9-3-6-12-21(30)27-18-33/h19-21H,1-15H2/q+3/b28-22+. The van der Waals surface area contributed by atoms with Crippen LogP contribution in [0.5, 0.6) is 0 Å². The van der Waals surface area contributed by atoms with Gasteiger partial charge in [-0.25, -0.2) is 14.4 Å². The predicted octanol–water partition coefficient (Wildman–Crippen LogP) is 2.97. The monoisotopic (exact) mass is 501 g/mol. The molecule has 5 atom stereocenters. The lowest BCUT2D eigenvalue weighted by Crippen LogP contribution is -2.81. The maximum atomic E-state index is 14.9. The molecule has 2 spiro atoms. The van der Waals surface area contributed by atoms with Crippen LogP contribution in [0.2, 0.25) is 0 Å². The number of carbonyl (C=O) groups excluding carboxylic acids is 5. The van der Waals surface area contributed by atoms with Crippen molar-refractivity contribution in [2.45, 2.75) is 95.5 Å². The van der Waals surface area contributed by atoms with E-state index in [4.69, 9.17) is 4.74 Å². The Hall–Kier alpha value is -3.13. The molecule has 12 heteroatoms. The van der Waals surface area contributed by atoms with E-state index in [0.717, 1.165) is 38.5 Å². The number of hydrogen-bond acceptors (Lipinski definition) is 9. The molecule has 4 fully saturated rings. The summed E-state index contributed by atoms with van der Waals surface area (Å²) >= 11 is 0. The lowest BCUT2D eigenvalue weighted by Gasteiger charge is -2.43. The zero-order chi connectivity index (χ0) is 25.6. The Kier molecular flexibility index (Phi) is 8.14. The molecule has 36 heavy (non-hydrogen) atoms. The van der Waals surface area contributed by atoms with Gasteiger partial charge in [-0.1, -0.05) is 8.97 Å². The Morgan fingerprint density at radius 3 is 1.89 bits per heavy atom. The summed E-state index contributed by atoms with van der Waals surface area (Å²) in [7, 11) is 0. The van der Waals surface area contributed by atoms with Crippen LogP contribution in [-0.4, -0.2) is 88.1 Å². The van der Waals surface area contributed by atoms with Crippen molar-refractivity contribution in [1.29, 1.82) is 0 Å². The summed E-state index contributed by atoms with van der Waals surface area (Å²) in [4.78, 5) is 75.0. The van der Waals surface area contributed by atoms with Crippen LogP contribution in [0, 0.1) is 0 Å². The Morgan fingerprint density at radius 1 is 0.694 bits per heavy atom. The number of rotatable bonds is 3. The summed E-state index contributed by atoms with van der Waals surface area (Å²) in [6, 6.07) is -0.445. The van der Waals surface area contributed by atoms with E-state index < -0.39 is 39.6 Å². The first-order valence-electron chi connectivity index (χ1n) is 12.9. The van der Waals surface area contributed by atoms with Gasteiger partial charge >= 0.3 is 18.1 Å². The van der Waals surface area contributed by atoms with Gasteiger partial charge in [0.05, 0.1) is 0 Å². The molecular weight excluding hydrogens is 468 g/mol. The molecule has 4 saturated heterocycles. The first kappa shape index (κ1) is 25.9. The molecule has 4 aliphatic rings. The summed E-state index contributed by atoms with van der Waals surface area (Å²) in [5, 5.41) is 0. The largest absolute Gasteiger partial charge is 0.574 e. The van der Waals surface area contributed by atoms with Gasteiger partial charge in [-0.05, 0) is 51.4 Å². The van der Waals surface area contributed by atoms with Crippen LogP contribution in [0.1, 0.15) is 77.0 Å². The topological polar surface area (TPSA) is 135 Å². The highest BCUT2D eigenvalue weighted by Gasteiger charge is 2.76. The number of amidine groups is 1. The van der Waals surface area contributed by atoms with Crippen molar-refractivity contribution < 1.29 is 42.3 Å². The Bertz CT molecular complexity index is 1070. The number of imide groups is 1. The molecule has 0 aromatic carbocycles. The van der Waals surface area contributed by atoms with Crippen LogP contribution in [0.15, 0.2) is 15.0 Å². The predicted molar refractivity (Wildman–Crippen MR) is 123 cm³/mol. The quantitative estimate of drug-likeness (QED) is 0.253. The van der Waals surface area contributed by atoms with Crippen molar-refractivity contribution in [3.8, 4) is 0 Å². The fourth-order valence-electron chi connectivity index (χ4n) is 6.31. The van der Waals surface area contributed by atoms with E-state index in [9.17, 15) is 24.0 Å². The lowest BCUT2D eigenvalue weighted by atomic mass is 10.1. The van der Waals surface area contributed by atoms with Crippen molar-refractivity contribution in [1.82, 2.24) is 0 Å². The van der Waals surface area contributed by atoms with Gasteiger partial charge in [0, 0.05) is 25.7 Å². The van der Waals surface area contributed by atoms with Crippen LogP contribution in [-0.2, 0) is 19.1 Å². The molecule has 3 amide bonds. The number of hydrogen-bond donors (Lipinski definition) is 0. The Morgan fingerprint density at radius 2 is 1.25 bits per heavy atom. The molecule has 0 aromatic heterocycles. The minimum Gasteiger partial charge on any atom is -0.276 e. The van der Waals surface area contributed by atoms with Crippen molar-refractivity contribution in [2.75, 3.05) is 19.6 Å². The van der Waals surface area contributed by atoms with Gasteiger partial charge < -0.3 is 0 Å². The van der Waals surface area contributed by atoms with Gasteiger partial charge in [0.25, 0.3) is 6.17 Å². The average Bonchev–Trinajstić information content (AvgIpc) is 3.32. The van der Waals surface area contributed by atoms with Gasteiger partial charge in [0.2, 0.25) is 30.6 Å². The van der Waals surface area contributed by atoms with Crippen molar-refractivity contribution in [2.24, 2.45) is 15.0 Å². The molecule has 0 N–H and O–H groups in total. The first-order chi connectivity index (χ1) is 17.6. The summed E-state index contributed by atoms with van der Waals surface area (Å²) in [5.74, 6) is 0. The average molecular weight is 502 g/mol. The number of carbonyl (C=O) groups is 2. The van der Waals surface area contributed by atoms with Crippen LogP contribution < -0.4 is 0 Å². The lowest BCUT2D eigenvalue weighted by molar-refractivity contribution is -0.947. The zero-order valence-corrected chi connectivity index (χ0v) is 20.5. The molecule has 0 aliphatic carbocycles. The van der Waals surface area contributed by atoms with Crippen LogP contribution in [0.25, 0.3) is 0 Å². The summed E-state index contributed by atoms with van der Waals surface area (Å²) in [6.45, 7) is 0.802. The number of amides is 3. The number of quaternary nitrogens is 2. The number of isocyanates is 3. The van der Waals surface area contributed by atoms with Gasteiger partial charge in [0.1, 0.15) is 13.1 Å². The second kappa shape index (κ2) is 11.3. The van der Waals surface area contributed by atoms with E-state index in [1.54, 1.807) is 22.8 Å². The van der Waals surface area contributed by atoms with E-state index in [1.165, 1.54) is 0 Å². The summed E-state index contributed by atoms with van der Waals surface area (Å²) in [6.07, 6.45) is 9.53. The normalized spacial score (nSPS) is 37.4. The van der Waals surface area contributed by atoms with Crippen LogP contribution >= 0.6 is 0 Å². The van der Waals surface area contributed by atoms with Gasteiger partial charge in [0.15, 0.2) is 6.54 Å². The molecule has 0 saturated carbocycles. The van der Waals surface area contributed by atoms with Crippen LogP contribution in [0.4, 0.5) is 9.59 Å². The van der Waals surface area contributed by atoms with Gasteiger partial charge in [-0.3, -0.25) is 4.74 Å². The molecule has 0 aromatic rings. The molecular formula is C24H33N6O6+3. The van der Waals surface area contributed by atoms with Crippen LogP contribution in [0.3, 0.4) is 0 Å². The third kappa shape index (κ3) is 4.32. The van der Waals surface area contributed by atoms with Gasteiger partial charge in [-0.2, -0.15) is 9.59 Å². The Labute approximate surface area is 209 Å². The second-order valence-electron chi connectivity index (χ2n) is 9.96. The highest BCUT2D eigenvalue weighted by Crippen LogP contribution is 2.41. The van der Waals surface area contributed by atoms with Gasteiger partial charge in [-0.15, -0.1) is 19.6 Å². The molecule has 5 unspecified atom stereocenters. The molecule has 0 bridgehead atoms. The minimum absolute atomic E-state index is 0.0589. The third-order valence-corrected chi connectivity index (χ3v) is 8.06. The molecule has 4 rings (SSSR count). The van der Waals surface area contributed by atoms with E-state index in [2.05, 4.69) is 15.0 Å². The molecule has 4 aliphatic heterocycles. The fraction of sp³-hybridized carbons (Fsp3) is 0.750. The zero-order valence-electron chi connectivity index (χ0n) is 20.5. The molecule has 0 radical (unpaired) electrons. The van der Waals surface area contributed by atoms with Crippen molar-refractivity contribution >= 4 is 36.4 Å². The number of urea groups is 1. The number of ether oxygens (including phenoxy) is 1. The minimum atomic E-state index is -0.960. The fourth-order valence-corrected chi connectivity index (χ4v) is 6.31. The number of aliphatic imine (C=N–C) groups is 3. The second-order valence-corrected chi connectivity index (χ2v) is 9.96. The van der Waals surface area contributed by atoms with E-state index >= 15 is 0 Å². The highest BCUT2D eigenvalue weighted by molar-refractivity contribution is 5.93. The van der Waals surface area contributed by atoms with E-state index in [0.29, 0.717) is 45.1 Å². The first-order valence-corrected chi connectivity index (χ1v) is 12.9. The summed E-state index contributed by atoms with van der Waals surface area (Å²) in [5.41, 5.74) is 0. The Balaban J connectivity index is 2.02. The summed E-state index contributed by atoms with van der Waals surface area (Å²) < 4.78 is 6.60. The third-order valence-electron chi connectivity index (χ3n) is 8.06. The molecule has 12 nitrogen and oxygen atoms in total. The maximum absolute atomic E-state index is 14.9. The number of nitrogens with zero attached hydrogens (tertiary/aromatic N) is 6. The van der Waals surface area contributed by atoms with E-state index in [-0.39, 0.29) is 19.1 Å². The maximum Gasteiger partial charge on any atom is 0.574 e. The number of cyclic esters (lactones) is 1. The molecule has 4 heterocycles. The SMILES string of the molecule is O=C=NC1CCCCC/[N+]1=C1\OC(=O)[N+]2(CCCCCC2N=C=O)C(=O)[N+]12CCCCCC2N=C=O. The van der Waals surface area contributed by atoms with Crippen molar-refractivity contribution in [3.63, 3.8) is 0 Å².